The highest BCUT2D eigenvalue weighted by molar-refractivity contribution is 7.16. The number of hydrogen-bond acceptors (Lipinski definition) is 4. The lowest BCUT2D eigenvalue weighted by Gasteiger charge is -2.06. The highest BCUT2D eigenvalue weighted by atomic mass is 32.1. The molecule has 0 aliphatic heterocycles. The molecule has 1 rings (SSSR count). The van der Waals surface area contributed by atoms with E-state index in [0.29, 0.717) is 5.56 Å². The van der Waals surface area contributed by atoms with E-state index in [2.05, 4.69) is 16.0 Å². The number of anilines is 1. The number of urea groups is 1. The number of likely N-dealkylation sites (N-methyl/N-ethyl adjacent to an activating group) is 1. The zero-order valence-corrected chi connectivity index (χ0v) is 11.6. The number of aromatic carboxylic acids is 1. The Morgan fingerprint density at radius 1 is 1.26 bits per heavy atom. The van der Waals surface area contributed by atoms with E-state index in [1.807, 2.05) is 0 Å². The minimum absolute atomic E-state index is 0.0811. The maximum absolute atomic E-state index is 11.5. The number of carbonyl (C=O) groups is 3. The van der Waals surface area contributed by atoms with Gasteiger partial charge in [-0.2, -0.15) is 0 Å². The summed E-state index contributed by atoms with van der Waals surface area (Å²) in [7, 11) is 1.45. The molecule has 3 amide bonds. The monoisotopic (exact) mass is 285 g/mol. The standard InChI is InChI=1S/C11H15N3O4S/c1-5-6(2)19-9(8(5)10(16)17)14-11(18)13-4-7(15)12-3/h4H2,1-3H3,(H,12,15)(H,16,17)(H2,13,14,18). The van der Waals surface area contributed by atoms with Crippen molar-refractivity contribution >= 4 is 34.2 Å². The fraction of sp³-hybridized carbons (Fsp3) is 0.364. The molecule has 104 valence electrons. The smallest absolute Gasteiger partial charge is 0.338 e. The predicted octanol–water partition coefficient (Wildman–Crippen LogP) is 0.931. The Bertz CT molecular complexity index is 524. The Balaban J connectivity index is 2.77. The van der Waals surface area contributed by atoms with Gasteiger partial charge in [0.1, 0.15) is 5.00 Å². The van der Waals surface area contributed by atoms with E-state index in [9.17, 15) is 14.4 Å². The molecular weight excluding hydrogens is 270 g/mol. The van der Waals surface area contributed by atoms with Gasteiger partial charge in [0.05, 0.1) is 12.1 Å². The van der Waals surface area contributed by atoms with Gasteiger partial charge in [0.15, 0.2) is 0 Å². The molecule has 0 unspecified atom stereocenters. The maximum Gasteiger partial charge on any atom is 0.338 e. The summed E-state index contributed by atoms with van der Waals surface area (Å²) in [5.74, 6) is -1.43. The maximum atomic E-state index is 11.5. The molecule has 7 nitrogen and oxygen atoms in total. The van der Waals surface area contributed by atoms with Crippen molar-refractivity contribution in [1.29, 1.82) is 0 Å². The second kappa shape index (κ2) is 6.19. The number of carboxylic acid groups (broad SMARTS) is 1. The third kappa shape index (κ3) is 3.68. The van der Waals surface area contributed by atoms with Crippen LogP contribution >= 0.6 is 11.3 Å². The van der Waals surface area contributed by atoms with Gasteiger partial charge in [-0.05, 0) is 19.4 Å². The van der Waals surface area contributed by atoms with Gasteiger partial charge >= 0.3 is 12.0 Å². The van der Waals surface area contributed by atoms with E-state index >= 15 is 0 Å². The SMILES string of the molecule is CNC(=O)CNC(=O)Nc1sc(C)c(C)c1C(=O)O. The van der Waals surface area contributed by atoms with Crippen LogP contribution in [0.25, 0.3) is 0 Å². The molecule has 0 aromatic carbocycles. The molecule has 8 heteroatoms. The Morgan fingerprint density at radius 3 is 2.42 bits per heavy atom. The van der Waals surface area contributed by atoms with Crippen LogP contribution in [0.5, 0.6) is 0 Å². The lowest BCUT2D eigenvalue weighted by atomic mass is 10.1. The van der Waals surface area contributed by atoms with Crippen LogP contribution in [0, 0.1) is 13.8 Å². The van der Waals surface area contributed by atoms with E-state index < -0.39 is 12.0 Å². The summed E-state index contributed by atoms with van der Waals surface area (Å²) in [5.41, 5.74) is 0.705. The number of rotatable bonds is 4. The third-order valence-corrected chi connectivity index (χ3v) is 3.64. The molecule has 1 aromatic rings. The minimum Gasteiger partial charge on any atom is -0.478 e. The summed E-state index contributed by atoms with van der Waals surface area (Å²) in [5, 5.41) is 16.5. The van der Waals surface area contributed by atoms with Gasteiger partial charge in [0.25, 0.3) is 0 Å². The zero-order valence-electron chi connectivity index (χ0n) is 10.8. The summed E-state index contributed by atoms with van der Waals surface area (Å²) in [6.45, 7) is 3.29. The Morgan fingerprint density at radius 2 is 1.89 bits per heavy atom. The van der Waals surface area contributed by atoms with Gasteiger partial charge in [-0.15, -0.1) is 11.3 Å². The van der Waals surface area contributed by atoms with Crippen molar-refractivity contribution in [2.45, 2.75) is 13.8 Å². The van der Waals surface area contributed by atoms with Crippen molar-refractivity contribution in [3.05, 3.63) is 16.0 Å². The Labute approximate surface area is 114 Å². The lowest BCUT2D eigenvalue weighted by Crippen LogP contribution is -2.37. The average molecular weight is 285 g/mol. The molecule has 0 saturated carbocycles. The van der Waals surface area contributed by atoms with Crippen LogP contribution in [0.2, 0.25) is 0 Å². The van der Waals surface area contributed by atoms with Crippen LogP contribution in [0.3, 0.4) is 0 Å². The van der Waals surface area contributed by atoms with Gasteiger partial charge in [0.2, 0.25) is 5.91 Å². The number of nitrogens with one attached hydrogen (secondary N) is 3. The van der Waals surface area contributed by atoms with Crippen LogP contribution in [-0.2, 0) is 4.79 Å². The lowest BCUT2D eigenvalue weighted by molar-refractivity contribution is -0.119. The van der Waals surface area contributed by atoms with Crippen molar-refractivity contribution in [2.24, 2.45) is 0 Å². The van der Waals surface area contributed by atoms with Gasteiger partial charge in [0, 0.05) is 11.9 Å². The summed E-state index contributed by atoms with van der Waals surface area (Å²) in [4.78, 5) is 34.4. The number of thiophene rings is 1. The largest absolute Gasteiger partial charge is 0.478 e. The first-order valence-electron chi connectivity index (χ1n) is 5.45. The predicted molar refractivity (Wildman–Crippen MR) is 71.8 cm³/mol. The van der Waals surface area contributed by atoms with Crippen molar-refractivity contribution in [2.75, 3.05) is 18.9 Å². The molecule has 0 aliphatic carbocycles. The number of amides is 3. The summed E-state index contributed by atoms with van der Waals surface area (Å²) >= 11 is 1.18. The third-order valence-electron chi connectivity index (χ3n) is 2.51. The van der Waals surface area contributed by atoms with Crippen molar-refractivity contribution in [1.82, 2.24) is 10.6 Å². The molecular formula is C11H15N3O4S. The minimum atomic E-state index is -1.09. The zero-order chi connectivity index (χ0) is 14.6. The highest BCUT2D eigenvalue weighted by Crippen LogP contribution is 2.32. The Hall–Kier alpha value is -2.09. The van der Waals surface area contributed by atoms with Crippen LogP contribution in [0.1, 0.15) is 20.8 Å². The normalized spacial score (nSPS) is 9.84. The Kier molecular flexibility index (Phi) is 4.87. The van der Waals surface area contributed by atoms with E-state index in [-0.39, 0.29) is 23.0 Å². The second-order valence-corrected chi connectivity index (χ2v) is 5.00. The van der Waals surface area contributed by atoms with Crippen molar-refractivity contribution < 1.29 is 19.5 Å². The van der Waals surface area contributed by atoms with Gasteiger partial charge in [-0.1, -0.05) is 0 Å². The summed E-state index contributed by atoms with van der Waals surface area (Å²) in [6, 6.07) is -0.618. The first-order valence-corrected chi connectivity index (χ1v) is 6.27. The molecule has 0 bridgehead atoms. The van der Waals surface area contributed by atoms with Gasteiger partial charge in [-0.3, -0.25) is 10.1 Å². The van der Waals surface area contributed by atoms with Gasteiger partial charge < -0.3 is 15.7 Å². The second-order valence-electron chi connectivity index (χ2n) is 3.77. The van der Waals surface area contributed by atoms with E-state index in [4.69, 9.17) is 5.11 Å². The average Bonchev–Trinajstić information content (AvgIpc) is 2.61. The van der Waals surface area contributed by atoms with E-state index in [1.54, 1.807) is 13.8 Å². The molecule has 1 aromatic heterocycles. The molecule has 4 N–H and O–H groups in total. The van der Waals surface area contributed by atoms with Crippen LogP contribution < -0.4 is 16.0 Å². The van der Waals surface area contributed by atoms with Crippen molar-refractivity contribution in [3.63, 3.8) is 0 Å². The number of hydrogen-bond donors (Lipinski definition) is 4. The molecule has 0 saturated heterocycles. The number of aryl methyl sites for hydroxylation is 1. The van der Waals surface area contributed by atoms with E-state index in [1.165, 1.54) is 18.4 Å². The molecule has 0 aliphatic rings. The first-order chi connectivity index (χ1) is 8.86. The van der Waals surface area contributed by atoms with Crippen LogP contribution in [0.15, 0.2) is 0 Å². The van der Waals surface area contributed by atoms with Gasteiger partial charge in [-0.25, -0.2) is 9.59 Å². The van der Waals surface area contributed by atoms with Crippen LogP contribution in [0.4, 0.5) is 9.80 Å². The molecule has 1 heterocycles. The topological polar surface area (TPSA) is 108 Å². The summed E-state index contributed by atoms with van der Waals surface area (Å²) in [6.07, 6.45) is 0. The fourth-order valence-corrected chi connectivity index (χ4v) is 2.42. The van der Waals surface area contributed by atoms with Crippen molar-refractivity contribution in [3.8, 4) is 0 Å². The number of carboxylic acids is 1. The molecule has 0 spiro atoms. The highest BCUT2D eigenvalue weighted by Gasteiger charge is 2.20. The molecule has 19 heavy (non-hydrogen) atoms. The first kappa shape index (κ1) is 15.0. The molecule has 0 atom stereocenters. The van der Waals surface area contributed by atoms with Crippen LogP contribution in [-0.4, -0.2) is 36.6 Å². The van der Waals surface area contributed by atoms with E-state index in [0.717, 1.165) is 4.88 Å². The molecule has 0 radical (unpaired) electrons. The summed E-state index contributed by atoms with van der Waals surface area (Å²) < 4.78 is 0. The number of carbonyl (C=O) groups excluding carboxylic acids is 2. The molecule has 0 fully saturated rings. The quantitative estimate of drug-likeness (QED) is 0.660. The fourth-order valence-electron chi connectivity index (χ4n) is 1.37.